The Kier molecular flexibility index (Phi) is 5.79. The van der Waals surface area contributed by atoms with Gasteiger partial charge in [0.2, 0.25) is 15.9 Å². The Morgan fingerprint density at radius 2 is 1.85 bits per heavy atom. The normalized spacial score (nSPS) is 24.9. The number of ether oxygens (including phenoxy) is 1. The summed E-state index contributed by atoms with van der Waals surface area (Å²) in [5.74, 6) is 0.499. The predicted molar refractivity (Wildman–Crippen MR) is 101 cm³/mol. The zero-order valence-corrected chi connectivity index (χ0v) is 16.7. The molecule has 7 nitrogen and oxygen atoms in total. The van der Waals surface area contributed by atoms with Crippen LogP contribution in [0, 0.1) is 5.92 Å². The highest BCUT2D eigenvalue weighted by Crippen LogP contribution is 2.28. The van der Waals surface area contributed by atoms with Gasteiger partial charge in [0.25, 0.3) is 0 Å². The largest absolute Gasteiger partial charge is 0.494 e. The van der Waals surface area contributed by atoms with Crippen LogP contribution in [0.15, 0.2) is 29.2 Å². The number of aliphatic hydroxyl groups is 1. The standard InChI is InChI=1S/C19H28N2O5S/c1-3-26-16-4-6-17(7-5-16)27(24,25)21-11-8-15(9-12-21)18(22)20-13-10-19(2,23)14-20/h4-7,15,23H,3,8-14H2,1-2H3/t19-/m0/s1. The smallest absolute Gasteiger partial charge is 0.243 e. The van der Waals surface area contributed by atoms with E-state index in [1.54, 1.807) is 36.1 Å². The summed E-state index contributed by atoms with van der Waals surface area (Å²) in [6.07, 6.45) is 1.60. The molecule has 0 radical (unpaired) electrons. The van der Waals surface area contributed by atoms with Crippen molar-refractivity contribution in [2.24, 2.45) is 5.92 Å². The summed E-state index contributed by atoms with van der Waals surface area (Å²) in [7, 11) is -3.57. The number of nitrogens with zero attached hydrogens (tertiary/aromatic N) is 2. The van der Waals surface area contributed by atoms with E-state index in [-0.39, 0.29) is 16.7 Å². The lowest BCUT2D eigenvalue weighted by Crippen LogP contribution is -2.44. The van der Waals surface area contributed by atoms with Gasteiger partial charge in [-0.2, -0.15) is 4.31 Å². The van der Waals surface area contributed by atoms with Crippen LogP contribution in [0.2, 0.25) is 0 Å². The molecule has 2 saturated heterocycles. The third-order valence-electron chi connectivity index (χ3n) is 5.34. The van der Waals surface area contributed by atoms with Gasteiger partial charge in [-0.3, -0.25) is 4.79 Å². The van der Waals surface area contributed by atoms with Gasteiger partial charge in [0.15, 0.2) is 0 Å². The number of hydrogen-bond acceptors (Lipinski definition) is 5. The van der Waals surface area contributed by atoms with E-state index in [9.17, 15) is 18.3 Å². The first-order valence-corrected chi connectivity index (χ1v) is 10.9. The number of sulfonamides is 1. The fraction of sp³-hybridized carbons (Fsp3) is 0.632. The van der Waals surface area contributed by atoms with Crippen LogP contribution in [0.4, 0.5) is 0 Å². The number of hydrogen-bond donors (Lipinski definition) is 1. The quantitative estimate of drug-likeness (QED) is 0.814. The van der Waals surface area contributed by atoms with E-state index in [0.29, 0.717) is 57.8 Å². The Bertz CT molecular complexity index is 768. The number of likely N-dealkylation sites (tertiary alicyclic amines) is 1. The molecule has 1 aromatic carbocycles. The molecule has 0 spiro atoms. The summed E-state index contributed by atoms with van der Waals surface area (Å²) in [6.45, 7) is 5.73. The lowest BCUT2D eigenvalue weighted by molar-refractivity contribution is -0.136. The number of benzene rings is 1. The summed E-state index contributed by atoms with van der Waals surface area (Å²) in [5.41, 5.74) is -0.812. The number of carbonyl (C=O) groups is 1. The van der Waals surface area contributed by atoms with E-state index in [2.05, 4.69) is 0 Å². The molecule has 0 unspecified atom stereocenters. The fourth-order valence-electron chi connectivity index (χ4n) is 3.76. The first kappa shape index (κ1) is 20.1. The van der Waals surface area contributed by atoms with Gasteiger partial charge in [0.05, 0.1) is 17.1 Å². The van der Waals surface area contributed by atoms with Crippen LogP contribution in [0.3, 0.4) is 0 Å². The van der Waals surface area contributed by atoms with Crippen molar-refractivity contribution in [2.45, 2.75) is 43.6 Å². The summed E-state index contributed by atoms with van der Waals surface area (Å²) < 4.78 is 32.5. The van der Waals surface area contributed by atoms with E-state index in [4.69, 9.17) is 4.74 Å². The highest BCUT2D eigenvalue weighted by atomic mass is 32.2. The third kappa shape index (κ3) is 4.44. The van der Waals surface area contributed by atoms with Gasteiger partial charge in [-0.1, -0.05) is 0 Å². The highest BCUT2D eigenvalue weighted by Gasteiger charge is 2.38. The Labute approximate surface area is 161 Å². The number of β-amino-alcohol motifs (C(OH)–C–C–N with tert-alkyl or cyclic N) is 1. The first-order valence-electron chi connectivity index (χ1n) is 9.47. The molecular formula is C19H28N2O5S. The van der Waals surface area contributed by atoms with Crippen LogP contribution in [0.25, 0.3) is 0 Å². The van der Waals surface area contributed by atoms with Gasteiger partial charge in [-0.15, -0.1) is 0 Å². The van der Waals surface area contributed by atoms with Gasteiger partial charge in [0, 0.05) is 32.1 Å². The van der Waals surface area contributed by atoms with E-state index in [0.717, 1.165) is 0 Å². The average molecular weight is 397 g/mol. The fourth-order valence-corrected chi connectivity index (χ4v) is 5.23. The molecule has 2 aliphatic heterocycles. The minimum absolute atomic E-state index is 0.0332. The average Bonchev–Trinajstić information content (AvgIpc) is 3.02. The monoisotopic (exact) mass is 396 g/mol. The molecule has 2 aliphatic rings. The highest BCUT2D eigenvalue weighted by molar-refractivity contribution is 7.89. The van der Waals surface area contributed by atoms with Gasteiger partial charge >= 0.3 is 0 Å². The van der Waals surface area contributed by atoms with E-state index in [1.807, 2.05) is 6.92 Å². The molecule has 1 amide bonds. The molecule has 27 heavy (non-hydrogen) atoms. The van der Waals surface area contributed by atoms with E-state index < -0.39 is 15.6 Å². The van der Waals surface area contributed by atoms with Gasteiger partial charge in [-0.25, -0.2) is 8.42 Å². The predicted octanol–water partition coefficient (Wildman–Crippen LogP) is 1.47. The van der Waals surface area contributed by atoms with Crippen LogP contribution >= 0.6 is 0 Å². The molecule has 0 saturated carbocycles. The molecule has 0 aliphatic carbocycles. The topological polar surface area (TPSA) is 87.2 Å². The lowest BCUT2D eigenvalue weighted by Gasteiger charge is -2.32. The first-order chi connectivity index (χ1) is 12.7. The Hall–Kier alpha value is -1.64. The zero-order valence-electron chi connectivity index (χ0n) is 15.9. The van der Waals surface area contributed by atoms with Crippen molar-refractivity contribution >= 4 is 15.9 Å². The third-order valence-corrected chi connectivity index (χ3v) is 7.25. The molecular weight excluding hydrogens is 368 g/mol. The Morgan fingerprint density at radius 3 is 2.37 bits per heavy atom. The second kappa shape index (κ2) is 7.77. The van der Waals surface area contributed by atoms with Crippen molar-refractivity contribution in [2.75, 3.05) is 32.8 Å². The van der Waals surface area contributed by atoms with E-state index >= 15 is 0 Å². The van der Waals surface area contributed by atoms with Crippen LogP contribution in [-0.2, 0) is 14.8 Å². The zero-order chi connectivity index (χ0) is 19.7. The minimum atomic E-state index is -3.57. The summed E-state index contributed by atoms with van der Waals surface area (Å²) >= 11 is 0. The summed E-state index contributed by atoms with van der Waals surface area (Å²) in [5, 5.41) is 10.0. The number of carbonyl (C=O) groups excluding carboxylic acids is 1. The van der Waals surface area contributed by atoms with Crippen LogP contribution in [-0.4, -0.2) is 67.0 Å². The number of rotatable bonds is 5. The van der Waals surface area contributed by atoms with Crippen LogP contribution in [0.5, 0.6) is 5.75 Å². The molecule has 1 atom stereocenters. The van der Waals surface area contributed by atoms with Crippen molar-refractivity contribution in [3.8, 4) is 5.75 Å². The molecule has 2 heterocycles. The van der Waals surface area contributed by atoms with Crippen molar-refractivity contribution in [3.05, 3.63) is 24.3 Å². The van der Waals surface area contributed by atoms with Crippen LogP contribution in [0.1, 0.15) is 33.1 Å². The molecule has 8 heteroatoms. The maximum Gasteiger partial charge on any atom is 0.243 e. The van der Waals surface area contributed by atoms with Crippen molar-refractivity contribution in [1.29, 1.82) is 0 Å². The molecule has 3 rings (SSSR count). The van der Waals surface area contributed by atoms with E-state index in [1.165, 1.54) is 4.31 Å². The van der Waals surface area contributed by atoms with Gasteiger partial charge in [-0.05, 0) is 57.4 Å². The molecule has 2 fully saturated rings. The van der Waals surface area contributed by atoms with Gasteiger partial charge < -0.3 is 14.7 Å². The van der Waals surface area contributed by atoms with Crippen molar-refractivity contribution in [1.82, 2.24) is 9.21 Å². The summed E-state index contributed by atoms with van der Waals surface area (Å²) in [6, 6.07) is 6.44. The minimum Gasteiger partial charge on any atom is -0.494 e. The van der Waals surface area contributed by atoms with Crippen molar-refractivity contribution in [3.63, 3.8) is 0 Å². The maximum atomic E-state index is 12.8. The van der Waals surface area contributed by atoms with Crippen molar-refractivity contribution < 1.29 is 23.1 Å². The molecule has 1 aromatic rings. The molecule has 1 N–H and O–H groups in total. The lowest BCUT2D eigenvalue weighted by atomic mass is 9.96. The summed E-state index contributed by atoms with van der Waals surface area (Å²) in [4.78, 5) is 14.6. The van der Waals surface area contributed by atoms with Crippen LogP contribution < -0.4 is 4.74 Å². The molecule has 0 aromatic heterocycles. The Morgan fingerprint density at radius 1 is 1.22 bits per heavy atom. The Balaban J connectivity index is 1.60. The second-order valence-corrected chi connectivity index (χ2v) is 9.53. The second-order valence-electron chi connectivity index (χ2n) is 7.59. The maximum absolute atomic E-state index is 12.8. The molecule has 0 bridgehead atoms. The number of amides is 1. The number of piperidine rings is 1. The molecule has 150 valence electrons. The van der Waals surface area contributed by atoms with Gasteiger partial charge in [0.1, 0.15) is 5.75 Å². The SMILES string of the molecule is CCOc1ccc(S(=O)(=O)N2CCC(C(=O)N3CC[C@](C)(O)C3)CC2)cc1.